The van der Waals surface area contributed by atoms with Crippen LogP contribution in [0.5, 0.6) is 0 Å². The minimum Gasteiger partial charge on any atom is -0.360 e. The molecule has 17 heavy (non-hydrogen) atoms. The second kappa shape index (κ2) is 6.87. The number of carbonyl (C=O) groups is 1. The molecule has 4 N–H and O–H groups in total. The Hall–Kier alpha value is -1.60. The Bertz CT molecular complexity index is 363. The summed E-state index contributed by atoms with van der Waals surface area (Å²) in [6.07, 6.45) is 1.68. The maximum absolute atomic E-state index is 11.5. The summed E-state index contributed by atoms with van der Waals surface area (Å²) in [4.78, 5) is 16.3. The summed E-state index contributed by atoms with van der Waals surface area (Å²) in [5.74, 6) is -0.258. The summed E-state index contributed by atoms with van der Waals surface area (Å²) in [6.45, 7) is 1.59. The van der Waals surface area contributed by atoms with Crippen LogP contribution in [0.4, 0.5) is 0 Å². The van der Waals surface area contributed by atoms with Crippen LogP contribution in [0, 0.1) is 0 Å². The fourth-order valence-electron chi connectivity index (χ4n) is 1.09. The van der Waals surface area contributed by atoms with Crippen LogP contribution in [0.1, 0.15) is 10.5 Å². The van der Waals surface area contributed by atoms with Crippen LogP contribution in [0.25, 0.3) is 0 Å². The number of amides is 1. The fourth-order valence-corrected chi connectivity index (χ4v) is 1.24. The van der Waals surface area contributed by atoms with Crippen molar-refractivity contribution in [3.05, 3.63) is 24.0 Å². The van der Waals surface area contributed by atoms with Crippen LogP contribution in [-0.2, 0) is 0 Å². The SMILES string of the molecule is CN(C)CCNC(=S)NNC(=O)c1ccc[nH]1. The molecular formula is C10H17N5OS. The molecule has 1 amide bonds. The van der Waals surface area contributed by atoms with Gasteiger partial charge in [0.15, 0.2) is 5.11 Å². The first-order valence-electron chi connectivity index (χ1n) is 5.22. The smallest absolute Gasteiger partial charge is 0.286 e. The zero-order valence-electron chi connectivity index (χ0n) is 9.91. The van der Waals surface area contributed by atoms with Crippen LogP contribution in [0.2, 0.25) is 0 Å². The maximum atomic E-state index is 11.5. The van der Waals surface area contributed by atoms with Crippen molar-refractivity contribution in [1.29, 1.82) is 0 Å². The Labute approximate surface area is 106 Å². The Morgan fingerprint density at radius 1 is 1.47 bits per heavy atom. The molecule has 0 aliphatic carbocycles. The molecule has 0 fully saturated rings. The zero-order chi connectivity index (χ0) is 12.7. The van der Waals surface area contributed by atoms with E-state index in [0.717, 1.165) is 13.1 Å². The summed E-state index contributed by atoms with van der Waals surface area (Å²) in [5.41, 5.74) is 5.59. The third-order valence-corrected chi connectivity index (χ3v) is 2.22. The maximum Gasteiger partial charge on any atom is 0.286 e. The van der Waals surface area contributed by atoms with Crippen molar-refractivity contribution < 1.29 is 4.79 Å². The van der Waals surface area contributed by atoms with Gasteiger partial charge in [0.25, 0.3) is 5.91 Å². The standard InChI is InChI=1S/C10H17N5OS/c1-15(2)7-6-12-10(17)14-13-9(16)8-4-3-5-11-8/h3-5,11H,6-7H2,1-2H3,(H,13,16)(H2,12,14,17). The van der Waals surface area contributed by atoms with Crippen molar-refractivity contribution in [1.82, 2.24) is 26.1 Å². The van der Waals surface area contributed by atoms with E-state index in [1.807, 2.05) is 19.0 Å². The number of rotatable bonds is 4. The number of hydrogen-bond donors (Lipinski definition) is 4. The summed E-state index contributed by atoms with van der Waals surface area (Å²) in [7, 11) is 3.95. The molecule has 0 unspecified atom stereocenters. The summed E-state index contributed by atoms with van der Waals surface area (Å²) in [6, 6.07) is 3.43. The van der Waals surface area contributed by atoms with Gasteiger partial charge in [-0.15, -0.1) is 0 Å². The van der Waals surface area contributed by atoms with Crippen LogP contribution in [0.3, 0.4) is 0 Å². The molecule has 6 nitrogen and oxygen atoms in total. The van der Waals surface area contributed by atoms with E-state index in [-0.39, 0.29) is 5.91 Å². The molecule has 7 heteroatoms. The van der Waals surface area contributed by atoms with Crippen molar-refractivity contribution in [3.8, 4) is 0 Å². The predicted molar refractivity (Wildman–Crippen MR) is 70.5 cm³/mol. The average Bonchev–Trinajstić information content (AvgIpc) is 2.78. The Balaban J connectivity index is 2.18. The second-order valence-electron chi connectivity index (χ2n) is 3.72. The van der Waals surface area contributed by atoms with Gasteiger partial charge in [0.05, 0.1) is 0 Å². The minimum atomic E-state index is -0.258. The van der Waals surface area contributed by atoms with Gasteiger partial charge < -0.3 is 15.2 Å². The molecule has 0 spiro atoms. The van der Waals surface area contributed by atoms with E-state index in [9.17, 15) is 4.79 Å². The number of aromatic amines is 1. The van der Waals surface area contributed by atoms with Crippen molar-refractivity contribution in [2.45, 2.75) is 0 Å². The Morgan fingerprint density at radius 3 is 2.82 bits per heavy atom. The van der Waals surface area contributed by atoms with E-state index < -0.39 is 0 Å². The van der Waals surface area contributed by atoms with E-state index in [1.165, 1.54) is 0 Å². The topological polar surface area (TPSA) is 72.2 Å². The van der Waals surface area contributed by atoms with Crippen LogP contribution < -0.4 is 16.2 Å². The summed E-state index contributed by atoms with van der Waals surface area (Å²) >= 11 is 4.99. The lowest BCUT2D eigenvalue weighted by atomic mass is 10.4. The van der Waals surface area contributed by atoms with E-state index in [1.54, 1.807) is 18.3 Å². The van der Waals surface area contributed by atoms with Gasteiger partial charge in [-0.25, -0.2) is 0 Å². The number of nitrogens with zero attached hydrogens (tertiary/aromatic N) is 1. The van der Waals surface area contributed by atoms with Crippen LogP contribution >= 0.6 is 12.2 Å². The molecular weight excluding hydrogens is 238 g/mol. The highest BCUT2D eigenvalue weighted by molar-refractivity contribution is 7.80. The fraction of sp³-hybridized carbons (Fsp3) is 0.400. The number of hydrogen-bond acceptors (Lipinski definition) is 3. The Kier molecular flexibility index (Phi) is 5.44. The number of nitrogens with one attached hydrogen (secondary N) is 4. The minimum absolute atomic E-state index is 0.258. The molecule has 1 aromatic rings. The molecule has 0 aromatic carbocycles. The van der Waals surface area contributed by atoms with Crippen LogP contribution in [0.15, 0.2) is 18.3 Å². The highest BCUT2D eigenvalue weighted by Gasteiger charge is 2.05. The third-order valence-electron chi connectivity index (χ3n) is 1.98. The van der Waals surface area contributed by atoms with Crippen molar-refractivity contribution in [3.63, 3.8) is 0 Å². The highest BCUT2D eigenvalue weighted by atomic mass is 32.1. The van der Waals surface area contributed by atoms with Gasteiger partial charge in [0.2, 0.25) is 0 Å². The first-order chi connectivity index (χ1) is 8.09. The van der Waals surface area contributed by atoms with Crippen LogP contribution in [-0.4, -0.2) is 48.1 Å². The monoisotopic (exact) mass is 255 g/mol. The van der Waals surface area contributed by atoms with Gasteiger partial charge in [-0.05, 0) is 38.4 Å². The van der Waals surface area contributed by atoms with Crippen molar-refractivity contribution in [2.75, 3.05) is 27.2 Å². The quantitative estimate of drug-likeness (QED) is 0.439. The number of carbonyl (C=O) groups excluding carboxylic acids is 1. The number of likely N-dealkylation sites (N-methyl/N-ethyl adjacent to an activating group) is 1. The van der Waals surface area contributed by atoms with E-state index in [0.29, 0.717) is 10.8 Å². The molecule has 0 saturated carbocycles. The average molecular weight is 255 g/mol. The van der Waals surface area contributed by atoms with Gasteiger partial charge in [-0.2, -0.15) is 0 Å². The number of aromatic nitrogens is 1. The van der Waals surface area contributed by atoms with E-state index in [2.05, 4.69) is 21.2 Å². The lowest BCUT2D eigenvalue weighted by Gasteiger charge is -2.13. The zero-order valence-corrected chi connectivity index (χ0v) is 10.7. The Morgan fingerprint density at radius 2 is 2.24 bits per heavy atom. The number of thiocarbonyl (C=S) groups is 1. The number of H-pyrrole nitrogens is 1. The van der Waals surface area contributed by atoms with Gasteiger partial charge >= 0.3 is 0 Å². The van der Waals surface area contributed by atoms with Crippen molar-refractivity contribution >= 4 is 23.2 Å². The molecule has 1 rings (SSSR count). The summed E-state index contributed by atoms with van der Waals surface area (Å²) in [5, 5.41) is 3.36. The van der Waals surface area contributed by atoms with Gasteiger partial charge in [-0.3, -0.25) is 15.6 Å². The number of hydrazine groups is 1. The lowest BCUT2D eigenvalue weighted by Crippen LogP contribution is -2.48. The molecule has 0 atom stereocenters. The van der Waals surface area contributed by atoms with Gasteiger partial charge in [-0.1, -0.05) is 0 Å². The molecule has 94 valence electrons. The third kappa shape index (κ3) is 5.32. The predicted octanol–water partition coefficient (Wildman–Crippen LogP) is -0.315. The molecule has 0 saturated heterocycles. The van der Waals surface area contributed by atoms with E-state index >= 15 is 0 Å². The molecule has 0 radical (unpaired) electrons. The van der Waals surface area contributed by atoms with Crippen molar-refractivity contribution in [2.24, 2.45) is 0 Å². The largest absolute Gasteiger partial charge is 0.360 e. The molecule has 0 aliphatic heterocycles. The first kappa shape index (κ1) is 13.5. The molecule has 0 aliphatic rings. The molecule has 1 heterocycles. The molecule has 0 bridgehead atoms. The first-order valence-corrected chi connectivity index (χ1v) is 5.62. The second-order valence-corrected chi connectivity index (χ2v) is 4.13. The normalized spacial score (nSPS) is 10.1. The lowest BCUT2D eigenvalue weighted by molar-refractivity contribution is 0.0939. The van der Waals surface area contributed by atoms with Gasteiger partial charge in [0, 0.05) is 19.3 Å². The highest BCUT2D eigenvalue weighted by Crippen LogP contribution is 1.91. The van der Waals surface area contributed by atoms with Gasteiger partial charge in [0.1, 0.15) is 5.69 Å². The molecule has 1 aromatic heterocycles. The summed E-state index contributed by atoms with van der Waals surface area (Å²) < 4.78 is 0. The van der Waals surface area contributed by atoms with E-state index in [4.69, 9.17) is 12.2 Å².